The van der Waals surface area contributed by atoms with Crippen molar-refractivity contribution in [3.05, 3.63) is 29.6 Å². The lowest BCUT2D eigenvalue weighted by atomic mass is 10.2. The van der Waals surface area contributed by atoms with Crippen molar-refractivity contribution in [3.8, 4) is 5.75 Å². The molecule has 1 aromatic rings. The van der Waals surface area contributed by atoms with Crippen LogP contribution in [0.3, 0.4) is 0 Å². The third-order valence-corrected chi connectivity index (χ3v) is 2.43. The number of halogens is 1. The van der Waals surface area contributed by atoms with Gasteiger partial charge in [-0.2, -0.15) is 0 Å². The minimum Gasteiger partial charge on any atom is -0.566 e. The SMILES string of the molecule is CCCC.COc1ccc(CO[P+](=O)[O-])c(F)c1. The van der Waals surface area contributed by atoms with E-state index in [1.807, 2.05) is 0 Å². The predicted octanol–water partition coefficient (Wildman–Crippen LogP) is 3.18. The van der Waals surface area contributed by atoms with E-state index in [1.54, 1.807) is 0 Å². The van der Waals surface area contributed by atoms with Gasteiger partial charge in [-0.3, -0.25) is 0 Å². The van der Waals surface area contributed by atoms with Crippen molar-refractivity contribution < 1.29 is 23.1 Å². The second-order valence-corrected chi connectivity index (χ2v) is 4.16. The molecule has 0 aliphatic heterocycles. The molecule has 1 unspecified atom stereocenters. The van der Waals surface area contributed by atoms with Crippen LogP contribution in [0.15, 0.2) is 18.2 Å². The van der Waals surface area contributed by atoms with Crippen LogP contribution in [0.5, 0.6) is 5.75 Å². The first-order valence-electron chi connectivity index (χ1n) is 5.64. The van der Waals surface area contributed by atoms with Gasteiger partial charge in [-0.1, -0.05) is 26.7 Å². The number of ether oxygens (including phenoxy) is 1. The Morgan fingerprint density at radius 2 is 1.94 bits per heavy atom. The molecule has 1 rings (SSSR count). The van der Waals surface area contributed by atoms with Crippen LogP contribution in [0.25, 0.3) is 0 Å². The Bertz CT molecular complexity index is 369. The zero-order chi connectivity index (χ0) is 14.0. The van der Waals surface area contributed by atoms with Gasteiger partial charge in [0.2, 0.25) is 0 Å². The Labute approximate surface area is 108 Å². The van der Waals surface area contributed by atoms with Crippen LogP contribution in [-0.4, -0.2) is 7.11 Å². The number of hydrogen-bond acceptors (Lipinski definition) is 4. The normalized spacial score (nSPS) is 10.4. The fourth-order valence-corrected chi connectivity index (χ4v) is 1.14. The molecule has 0 spiro atoms. The van der Waals surface area contributed by atoms with Crippen LogP contribution < -0.4 is 9.63 Å². The molecule has 0 radical (unpaired) electrons. The monoisotopic (exact) mass is 276 g/mol. The van der Waals surface area contributed by atoms with E-state index >= 15 is 0 Å². The van der Waals surface area contributed by atoms with E-state index in [2.05, 4.69) is 18.4 Å². The summed E-state index contributed by atoms with van der Waals surface area (Å²) < 4.78 is 32.2. The van der Waals surface area contributed by atoms with E-state index in [4.69, 9.17) is 4.74 Å². The van der Waals surface area contributed by atoms with Crippen molar-refractivity contribution in [3.63, 3.8) is 0 Å². The average molecular weight is 276 g/mol. The molecule has 4 nitrogen and oxygen atoms in total. The van der Waals surface area contributed by atoms with Gasteiger partial charge < -0.3 is 9.63 Å². The van der Waals surface area contributed by atoms with Gasteiger partial charge in [0.1, 0.15) is 18.2 Å². The molecule has 6 heteroatoms. The number of benzene rings is 1. The molecule has 0 heterocycles. The van der Waals surface area contributed by atoms with Gasteiger partial charge in [0.25, 0.3) is 0 Å². The van der Waals surface area contributed by atoms with E-state index in [0.29, 0.717) is 5.75 Å². The second kappa shape index (κ2) is 9.95. The summed E-state index contributed by atoms with van der Waals surface area (Å²) in [5.41, 5.74) is 0.171. The summed E-state index contributed by atoms with van der Waals surface area (Å²) >= 11 is 0. The van der Waals surface area contributed by atoms with E-state index in [-0.39, 0.29) is 12.2 Å². The minimum absolute atomic E-state index is 0.171. The summed E-state index contributed by atoms with van der Waals surface area (Å²) in [6.07, 6.45) is 2.64. The maximum atomic E-state index is 13.1. The Morgan fingerprint density at radius 1 is 1.33 bits per heavy atom. The maximum absolute atomic E-state index is 13.1. The molecule has 0 bridgehead atoms. The third-order valence-electron chi connectivity index (χ3n) is 2.09. The number of rotatable bonds is 5. The number of hydrogen-bond donors (Lipinski definition) is 0. The summed E-state index contributed by atoms with van der Waals surface area (Å²) in [7, 11) is -1.53. The van der Waals surface area contributed by atoms with Crippen LogP contribution in [0, 0.1) is 5.82 Å². The largest absolute Gasteiger partial charge is 0.566 e. The van der Waals surface area contributed by atoms with Crippen molar-refractivity contribution >= 4 is 8.25 Å². The van der Waals surface area contributed by atoms with Gasteiger partial charge in [0.05, 0.1) is 7.11 Å². The van der Waals surface area contributed by atoms with Crippen LogP contribution in [-0.2, 0) is 15.7 Å². The van der Waals surface area contributed by atoms with Gasteiger partial charge in [0.15, 0.2) is 0 Å². The van der Waals surface area contributed by atoms with Gasteiger partial charge in [0, 0.05) is 11.6 Å². The molecule has 0 saturated carbocycles. The highest BCUT2D eigenvalue weighted by Gasteiger charge is 2.08. The van der Waals surface area contributed by atoms with E-state index < -0.39 is 14.1 Å². The Balaban J connectivity index is 0.000000631. The highest BCUT2D eigenvalue weighted by atomic mass is 31.1. The van der Waals surface area contributed by atoms with Crippen molar-refractivity contribution in [1.82, 2.24) is 0 Å². The van der Waals surface area contributed by atoms with Gasteiger partial charge >= 0.3 is 8.25 Å². The molecule has 18 heavy (non-hydrogen) atoms. The zero-order valence-electron chi connectivity index (χ0n) is 10.8. The van der Waals surface area contributed by atoms with Crippen molar-refractivity contribution in [1.29, 1.82) is 0 Å². The van der Waals surface area contributed by atoms with Crippen LogP contribution in [0.1, 0.15) is 32.3 Å². The molecule has 0 N–H and O–H groups in total. The minimum atomic E-state index is -2.95. The average Bonchev–Trinajstić information content (AvgIpc) is 2.37. The Hall–Kier alpha value is -1.03. The lowest BCUT2D eigenvalue weighted by molar-refractivity contribution is -0.186. The summed E-state index contributed by atoms with van der Waals surface area (Å²) in [6.45, 7) is 4.06. The second-order valence-electron chi connectivity index (χ2n) is 3.45. The lowest BCUT2D eigenvalue weighted by Gasteiger charge is -2.02. The molecule has 0 aliphatic carbocycles. The molecule has 1 atom stereocenters. The highest BCUT2D eigenvalue weighted by molar-refractivity contribution is 7.30. The topological polar surface area (TPSA) is 58.6 Å². The first-order valence-corrected chi connectivity index (χ1v) is 6.74. The van der Waals surface area contributed by atoms with E-state index in [9.17, 15) is 13.8 Å². The fraction of sp³-hybridized carbons (Fsp3) is 0.500. The van der Waals surface area contributed by atoms with Crippen LogP contribution in [0.2, 0.25) is 0 Å². The molecule has 102 valence electrons. The smallest absolute Gasteiger partial charge is 0.488 e. The van der Waals surface area contributed by atoms with Crippen molar-refractivity contribution in [2.24, 2.45) is 0 Å². The summed E-state index contributed by atoms with van der Waals surface area (Å²) in [6, 6.07) is 4.10. The van der Waals surface area contributed by atoms with Gasteiger partial charge in [-0.05, 0) is 16.7 Å². The molecular formula is C12H18FO4P. The summed E-state index contributed by atoms with van der Waals surface area (Å²) in [5.74, 6) is -0.182. The maximum Gasteiger partial charge on any atom is 0.488 e. The van der Waals surface area contributed by atoms with Gasteiger partial charge in [-0.25, -0.2) is 4.39 Å². The first-order chi connectivity index (χ1) is 8.54. The predicted molar refractivity (Wildman–Crippen MR) is 65.9 cm³/mol. The van der Waals surface area contributed by atoms with Crippen molar-refractivity contribution in [2.45, 2.75) is 33.3 Å². The van der Waals surface area contributed by atoms with Crippen molar-refractivity contribution in [2.75, 3.05) is 7.11 Å². The molecule has 0 saturated heterocycles. The molecule has 0 fully saturated rings. The van der Waals surface area contributed by atoms with Crippen LogP contribution in [0.4, 0.5) is 4.39 Å². The van der Waals surface area contributed by atoms with E-state index in [1.165, 1.54) is 32.1 Å². The molecular weight excluding hydrogens is 258 g/mol. The fourth-order valence-electron chi connectivity index (χ4n) is 0.894. The molecule has 0 aliphatic rings. The molecule has 0 aromatic heterocycles. The summed E-state index contributed by atoms with van der Waals surface area (Å²) in [4.78, 5) is 10.1. The zero-order valence-corrected chi connectivity index (χ0v) is 11.7. The van der Waals surface area contributed by atoms with Gasteiger partial charge in [-0.15, -0.1) is 4.52 Å². The standard InChI is InChI=1S/C8H8FO4P.C4H10/c1-12-7-3-2-6(8(9)4-7)5-13-14(10)11;1-3-4-2/h2-4H,5H2,1H3;3-4H2,1-2H3. The Morgan fingerprint density at radius 3 is 2.33 bits per heavy atom. The third kappa shape index (κ3) is 7.33. The Kier molecular flexibility index (Phi) is 9.38. The number of unbranched alkanes of at least 4 members (excludes halogenated alkanes) is 1. The van der Waals surface area contributed by atoms with Crippen LogP contribution >= 0.6 is 8.25 Å². The molecule has 0 amide bonds. The van der Waals surface area contributed by atoms with E-state index in [0.717, 1.165) is 6.07 Å². The molecule has 1 aromatic carbocycles. The lowest BCUT2D eigenvalue weighted by Crippen LogP contribution is -1.96. The first kappa shape index (κ1) is 17.0. The quantitative estimate of drug-likeness (QED) is 0.775. The highest BCUT2D eigenvalue weighted by Crippen LogP contribution is 2.20. The number of methoxy groups -OCH3 is 1. The summed E-state index contributed by atoms with van der Waals surface area (Å²) in [5, 5.41) is 0.